The number of hydrogen-bond donors (Lipinski definition) is 0. The molecule has 0 saturated heterocycles. The van der Waals surface area contributed by atoms with Gasteiger partial charge < -0.3 is 9.30 Å². The van der Waals surface area contributed by atoms with Crippen LogP contribution in [0.1, 0.15) is 23.2 Å². The van der Waals surface area contributed by atoms with E-state index >= 15 is 0 Å². The fourth-order valence-electron chi connectivity index (χ4n) is 1.34. The molecule has 0 N–H and O–H groups in total. The standard InChI is InChI=1S/C9H12N6O2/c1-3-17-9(16)8-11-12-13-15(8)5-7-4-10-6-14(7)2/h4,6H,3,5H2,1-2H3. The fraction of sp³-hybridized carbons (Fsp3) is 0.444. The number of tetrazole rings is 1. The molecule has 0 unspecified atom stereocenters. The monoisotopic (exact) mass is 236 g/mol. The van der Waals surface area contributed by atoms with Crippen molar-refractivity contribution >= 4 is 5.97 Å². The van der Waals surface area contributed by atoms with Gasteiger partial charge in [0, 0.05) is 7.05 Å². The second kappa shape index (κ2) is 4.73. The number of nitrogens with zero attached hydrogens (tertiary/aromatic N) is 6. The lowest BCUT2D eigenvalue weighted by molar-refractivity contribution is 0.0505. The second-order valence-corrected chi connectivity index (χ2v) is 3.38. The lowest BCUT2D eigenvalue weighted by Crippen LogP contribution is -2.16. The quantitative estimate of drug-likeness (QED) is 0.673. The topological polar surface area (TPSA) is 87.7 Å². The van der Waals surface area contributed by atoms with Crippen LogP contribution in [0, 0.1) is 0 Å². The average Bonchev–Trinajstić information content (AvgIpc) is 2.90. The summed E-state index contributed by atoms with van der Waals surface area (Å²) in [6.07, 6.45) is 3.36. The van der Waals surface area contributed by atoms with E-state index in [0.29, 0.717) is 6.54 Å². The Morgan fingerprint density at radius 2 is 2.35 bits per heavy atom. The molecule has 90 valence electrons. The molecule has 0 atom stereocenters. The normalized spacial score (nSPS) is 10.5. The molecule has 0 radical (unpaired) electrons. The Balaban J connectivity index is 2.20. The lowest BCUT2D eigenvalue weighted by atomic mass is 10.4. The number of aryl methyl sites for hydroxylation is 1. The predicted molar refractivity (Wildman–Crippen MR) is 56.1 cm³/mol. The molecular weight excluding hydrogens is 224 g/mol. The number of imidazole rings is 1. The Kier molecular flexibility index (Phi) is 3.12. The maximum Gasteiger partial charge on any atom is 0.378 e. The zero-order valence-electron chi connectivity index (χ0n) is 9.57. The smallest absolute Gasteiger partial charge is 0.378 e. The van der Waals surface area contributed by atoms with Crippen molar-refractivity contribution < 1.29 is 9.53 Å². The molecule has 8 nitrogen and oxygen atoms in total. The first-order valence-electron chi connectivity index (χ1n) is 5.11. The van der Waals surface area contributed by atoms with E-state index in [1.54, 1.807) is 19.4 Å². The minimum absolute atomic E-state index is 0.0908. The second-order valence-electron chi connectivity index (χ2n) is 3.38. The van der Waals surface area contributed by atoms with E-state index in [1.165, 1.54) is 4.68 Å². The van der Waals surface area contributed by atoms with E-state index < -0.39 is 5.97 Å². The van der Waals surface area contributed by atoms with Crippen LogP contribution in [0.15, 0.2) is 12.5 Å². The number of rotatable bonds is 4. The highest BCUT2D eigenvalue weighted by Crippen LogP contribution is 2.02. The Morgan fingerprint density at radius 1 is 1.53 bits per heavy atom. The predicted octanol–water partition coefficient (Wildman–Crippen LogP) is -0.368. The minimum atomic E-state index is -0.528. The first kappa shape index (κ1) is 11.2. The number of carbonyl (C=O) groups is 1. The highest BCUT2D eigenvalue weighted by atomic mass is 16.5. The van der Waals surface area contributed by atoms with Gasteiger partial charge >= 0.3 is 5.97 Å². The molecule has 0 spiro atoms. The van der Waals surface area contributed by atoms with Crippen LogP contribution in [-0.2, 0) is 18.3 Å². The Bertz CT molecular complexity index is 517. The summed E-state index contributed by atoms with van der Waals surface area (Å²) in [5.74, 6) is -0.437. The van der Waals surface area contributed by atoms with Gasteiger partial charge in [-0.2, -0.15) is 0 Å². The molecule has 0 amide bonds. The van der Waals surface area contributed by atoms with Gasteiger partial charge in [-0.1, -0.05) is 0 Å². The average molecular weight is 236 g/mol. The molecule has 0 aliphatic heterocycles. The summed E-state index contributed by atoms with van der Waals surface area (Å²) >= 11 is 0. The highest BCUT2D eigenvalue weighted by molar-refractivity contribution is 5.85. The van der Waals surface area contributed by atoms with Gasteiger partial charge in [-0.3, -0.25) is 0 Å². The van der Waals surface area contributed by atoms with Crippen molar-refractivity contribution in [1.29, 1.82) is 0 Å². The van der Waals surface area contributed by atoms with Gasteiger partial charge in [0.1, 0.15) is 0 Å². The highest BCUT2D eigenvalue weighted by Gasteiger charge is 2.17. The van der Waals surface area contributed by atoms with Crippen LogP contribution in [0.5, 0.6) is 0 Å². The van der Waals surface area contributed by atoms with Crippen molar-refractivity contribution in [2.45, 2.75) is 13.5 Å². The Labute approximate surface area is 97.2 Å². The lowest BCUT2D eigenvalue weighted by Gasteiger charge is -2.04. The Morgan fingerprint density at radius 3 is 3.00 bits per heavy atom. The summed E-state index contributed by atoms with van der Waals surface area (Å²) in [5.41, 5.74) is 0.892. The summed E-state index contributed by atoms with van der Waals surface area (Å²) in [6, 6.07) is 0. The van der Waals surface area contributed by atoms with Crippen molar-refractivity contribution in [3.8, 4) is 0 Å². The maximum absolute atomic E-state index is 11.5. The summed E-state index contributed by atoms with van der Waals surface area (Å²) < 4.78 is 8.07. The zero-order valence-corrected chi connectivity index (χ0v) is 9.57. The van der Waals surface area contributed by atoms with Gasteiger partial charge in [-0.05, 0) is 17.4 Å². The van der Waals surface area contributed by atoms with Gasteiger partial charge in [0.05, 0.1) is 31.4 Å². The van der Waals surface area contributed by atoms with E-state index in [2.05, 4.69) is 20.5 Å². The molecule has 0 aliphatic rings. The SMILES string of the molecule is CCOC(=O)c1nnnn1Cc1cncn1C. The molecular formula is C9H12N6O2. The molecule has 2 aromatic rings. The Hall–Kier alpha value is -2.25. The van der Waals surface area contributed by atoms with Crippen molar-refractivity contribution in [3.05, 3.63) is 24.0 Å². The first-order chi connectivity index (χ1) is 8.22. The molecule has 2 rings (SSSR count). The summed E-state index contributed by atoms with van der Waals surface area (Å²) in [4.78, 5) is 15.5. The fourth-order valence-corrected chi connectivity index (χ4v) is 1.34. The number of esters is 1. The maximum atomic E-state index is 11.5. The van der Waals surface area contributed by atoms with E-state index in [9.17, 15) is 4.79 Å². The summed E-state index contributed by atoms with van der Waals surface area (Å²) in [5, 5.41) is 10.9. The van der Waals surface area contributed by atoms with Gasteiger partial charge in [0.15, 0.2) is 0 Å². The van der Waals surface area contributed by atoms with Gasteiger partial charge in [0.25, 0.3) is 5.82 Å². The van der Waals surface area contributed by atoms with Crippen LogP contribution in [0.25, 0.3) is 0 Å². The number of carbonyl (C=O) groups excluding carboxylic acids is 1. The largest absolute Gasteiger partial charge is 0.460 e. The number of ether oxygens (including phenoxy) is 1. The molecule has 2 heterocycles. The summed E-state index contributed by atoms with van der Waals surface area (Å²) in [7, 11) is 1.86. The molecule has 0 bridgehead atoms. The molecule has 17 heavy (non-hydrogen) atoms. The van der Waals surface area contributed by atoms with E-state index in [1.807, 2.05) is 11.6 Å². The third kappa shape index (κ3) is 2.30. The molecule has 8 heteroatoms. The van der Waals surface area contributed by atoms with E-state index in [0.717, 1.165) is 5.69 Å². The van der Waals surface area contributed by atoms with E-state index in [-0.39, 0.29) is 12.4 Å². The zero-order chi connectivity index (χ0) is 12.3. The first-order valence-corrected chi connectivity index (χ1v) is 5.11. The van der Waals surface area contributed by atoms with Crippen LogP contribution in [0.4, 0.5) is 0 Å². The summed E-state index contributed by atoms with van der Waals surface area (Å²) in [6.45, 7) is 2.39. The van der Waals surface area contributed by atoms with Gasteiger partial charge in [-0.25, -0.2) is 14.5 Å². The van der Waals surface area contributed by atoms with Gasteiger partial charge in [-0.15, -0.1) is 5.10 Å². The van der Waals surface area contributed by atoms with Crippen LogP contribution < -0.4 is 0 Å². The van der Waals surface area contributed by atoms with Gasteiger partial charge in [0.2, 0.25) is 0 Å². The number of hydrogen-bond acceptors (Lipinski definition) is 6. The van der Waals surface area contributed by atoms with Crippen molar-refractivity contribution in [2.75, 3.05) is 6.61 Å². The third-order valence-corrected chi connectivity index (χ3v) is 2.22. The molecule has 0 aliphatic carbocycles. The van der Waals surface area contributed by atoms with Crippen LogP contribution in [0.2, 0.25) is 0 Å². The third-order valence-electron chi connectivity index (χ3n) is 2.22. The van der Waals surface area contributed by atoms with Crippen molar-refractivity contribution in [2.24, 2.45) is 7.05 Å². The minimum Gasteiger partial charge on any atom is -0.460 e. The molecule has 0 aromatic carbocycles. The van der Waals surface area contributed by atoms with Crippen molar-refractivity contribution in [1.82, 2.24) is 29.8 Å². The van der Waals surface area contributed by atoms with E-state index in [4.69, 9.17) is 4.74 Å². The molecule has 2 aromatic heterocycles. The van der Waals surface area contributed by atoms with Crippen LogP contribution in [-0.4, -0.2) is 42.3 Å². The van der Waals surface area contributed by atoms with Crippen LogP contribution >= 0.6 is 0 Å². The molecule has 0 fully saturated rings. The number of aromatic nitrogens is 6. The van der Waals surface area contributed by atoms with Crippen molar-refractivity contribution in [3.63, 3.8) is 0 Å². The molecule has 0 saturated carbocycles. The van der Waals surface area contributed by atoms with Crippen LogP contribution in [0.3, 0.4) is 0 Å².